The maximum Gasteiger partial charge on any atom is 0.305 e. The summed E-state index contributed by atoms with van der Waals surface area (Å²) in [5, 5.41) is 3.86. The largest absolute Gasteiger partial charge is 0.440 e. The van der Waals surface area contributed by atoms with Crippen LogP contribution in [0.15, 0.2) is 52.2 Å². The van der Waals surface area contributed by atoms with Crippen LogP contribution >= 0.6 is 0 Å². The maximum absolute atomic E-state index is 11.6. The van der Waals surface area contributed by atoms with Gasteiger partial charge in [0, 0.05) is 32.3 Å². The number of nitrogens with one attached hydrogen (secondary N) is 1. The molecule has 2 heterocycles. The Kier molecular flexibility index (Phi) is 4.49. The summed E-state index contributed by atoms with van der Waals surface area (Å²) in [6, 6.07) is 9.25. The molecule has 2 aromatic rings. The summed E-state index contributed by atoms with van der Waals surface area (Å²) in [4.78, 5) is 13.5. The number of rotatable bonds is 5. The normalized spacial score (nSPS) is 10.7. The molecule has 0 saturated heterocycles. The van der Waals surface area contributed by atoms with Crippen molar-refractivity contribution in [3.63, 3.8) is 0 Å². The van der Waals surface area contributed by atoms with Crippen molar-refractivity contribution in [3.05, 3.63) is 48.5 Å². The summed E-state index contributed by atoms with van der Waals surface area (Å²) in [7, 11) is 3.78. The number of pyridine rings is 1. The first-order valence-corrected chi connectivity index (χ1v) is 6.18. The van der Waals surface area contributed by atoms with Crippen molar-refractivity contribution < 1.29 is 13.8 Å². The fraction of sp³-hybridized carbons (Fsp3) is 0.214. The summed E-state index contributed by atoms with van der Waals surface area (Å²) in [6.07, 6.45) is 5.11. The van der Waals surface area contributed by atoms with E-state index in [1.165, 1.54) is 6.21 Å². The van der Waals surface area contributed by atoms with Crippen molar-refractivity contribution in [2.45, 2.75) is 6.54 Å². The Bertz CT molecular complexity index is 590. The number of furan rings is 1. The molecule has 1 amide bonds. The number of carbonyl (C=O) groups excluding carboxylic acids is 1. The summed E-state index contributed by atoms with van der Waals surface area (Å²) in [6.45, 7) is 0.222. The Morgan fingerprint density at radius 2 is 2.10 bits per heavy atom. The second-order valence-corrected chi connectivity index (χ2v) is 4.41. The quantitative estimate of drug-likeness (QED) is 0.497. The summed E-state index contributed by atoms with van der Waals surface area (Å²) in [5.74, 6) is 1.12. The highest BCUT2D eigenvalue weighted by Crippen LogP contribution is 2.13. The minimum atomic E-state index is -0.197. The molecule has 1 N–H and O–H groups in total. The van der Waals surface area contributed by atoms with Crippen LogP contribution < -0.4 is 14.9 Å². The van der Waals surface area contributed by atoms with Crippen LogP contribution in [0.1, 0.15) is 5.76 Å². The molecule has 6 nitrogen and oxygen atoms in total. The number of hydrazone groups is 1. The molecule has 0 radical (unpaired) electrons. The molecular formula is C14H17N4O2+. The van der Waals surface area contributed by atoms with Gasteiger partial charge in [0.05, 0.1) is 6.21 Å². The Labute approximate surface area is 117 Å². The van der Waals surface area contributed by atoms with Crippen LogP contribution in [0.5, 0.6) is 0 Å². The minimum absolute atomic E-state index is 0.197. The number of hydrogen-bond donors (Lipinski definition) is 1. The fourth-order valence-electron chi connectivity index (χ4n) is 1.56. The van der Waals surface area contributed by atoms with Crippen LogP contribution in [-0.2, 0) is 11.3 Å². The second kappa shape index (κ2) is 6.51. The Morgan fingerprint density at radius 3 is 2.75 bits per heavy atom. The molecule has 6 heteroatoms. The highest BCUT2D eigenvalue weighted by atomic mass is 16.4. The Hall–Kier alpha value is -2.63. The standard InChI is InChI=1S/C14H16N4O2/c1-17(2)14-7-6-12(20-14)10-15-16-13(19)11-18-8-4-3-5-9-18/h3-10H,11H2,1-2H3/p+1/b15-10+. The van der Waals surface area contributed by atoms with E-state index in [2.05, 4.69) is 10.5 Å². The predicted molar refractivity (Wildman–Crippen MR) is 75.4 cm³/mol. The van der Waals surface area contributed by atoms with Crippen LogP contribution in [-0.4, -0.2) is 26.2 Å². The third-order valence-corrected chi connectivity index (χ3v) is 2.54. The summed E-state index contributed by atoms with van der Waals surface area (Å²) in [5.41, 5.74) is 2.45. The highest BCUT2D eigenvalue weighted by Gasteiger charge is 2.07. The van der Waals surface area contributed by atoms with E-state index < -0.39 is 0 Å². The predicted octanol–water partition coefficient (Wildman–Crippen LogP) is 0.783. The molecule has 0 fully saturated rings. The molecular weight excluding hydrogens is 256 g/mol. The average Bonchev–Trinajstić information content (AvgIpc) is 2.89. The number of hydrogen-bond acceptors (Lipinski definition) is 4. The molecule has 0 saturated carbocycles. The zero-order valence-corrected chi connectivity index (χ0v) is 11.5. The van der Waals surface area contributed by atoms with E-state index in [-0.39, 0.29) is 12.5 Å². The number of nitrogens with zero attached hydrogens (tertiary/aromatic N) is 3. The molecule has 2 rings (SSSR count). The molecule has 0 atom stereocenters. The fourth-order valence-corrected chi connectivity index (χ4v) is 1.56. The van der Waals surface area contributed by atoms with Gasteiger partial charge in [0.15, 0.2) is 18.3 Å². The smallest absolute Gasteiger partial charge is 0.305 e. The van der Waals surface area contributed by atoms with Crippen molar-refractivity contribution in [3.8, 4) is 0 Å². The van der Waals surface area contributed by atoms with E-state index in [1.807, 2.05) is 55.7 Å². The Balaban J connectivity index is 1.84. The van der Waals surface area contributed by atoms with Crippen LogP contribution in [0.2, 0.25) is 0 Å². The summed E-state index contributed by atoms with van der Waals surface area (Å²) < 4.78 is 7.23. The zero-order chi connectivity index (χ0) is 14.4. The first kappa shape index (κ1) is 13.8. The molecule has 0 bridgehead atoms. The van der Waals surface area contributed by atoms with Gasteiger partial charge < -0.3 is 9.32 Å². The number of carbonyl (C=O) groups is 1. The van der Waals surface area contributed by atoms with Gasteiger partial charge in [0.1, 0.15) is 5.76 Å². The third-order valence-electron chi connectivity index (χ3n) is 2.54. The molecule has 104 valence electrons. The number of amides is 1. The molecule has 2 aromatic heterocycles. The van der Waals surface area contributed by atoms with Crippen molar-refractivity contribution in [1.82, 2.24) is 5.43 Å². The van der Waals surface area contributed by atoms with Gasteiger partial charge in [-0.15, -0.1) is 0 Å². The van der Waals surface area contributed by atoms with E-state index in [4.69, 9.17) is 4.42 Å². The van der Waals surface area contributed by atoms with E-state index >= 15 is 0 Å². The third kappa shape index (κ3) is 3.94. The van der Waals surface area contributed by atoms with Gasteiger partial charge in [-0.2, -0.15) is 9.67 Å². The van der Waals surface area contributed by atoms with Crippen LogP contribution in [0.3, 0.4) is 0 Å². The van der Waals surface area contributed by atoms with Gasteiger partial charge >= 0.3 is 5.91 Å². The van der Waals surface area contributed by atoms with E-state index in [9.17, 15) is 4.79 Å². The lowest BCUT2D eigenvalue weighted by atomic mass is 10.4. The SMILES string of the molecule is CN(C)c1ccc(/C=N/NC(=O)C[n+]2ccccc2)o1. The van der Waals surface area contributed by atoms with Gasteiger partial charge in [-0.25, -0.2) is 5.43 Å². The van der Waals surface area contributed by atoms with Crippen molar-refractivity contribution in [1.29, 1.82) is 0 Å². The first-order chi connectivity index (χ1) is 9.65. The lowest BCUT2D eigenvalue weighted by Crippen LogP contribution is -2.40. The van der Waals surface area contributed by atoms with Gasteiger partial charge in [0.2, 0.25) is 6.54 Å². The van der Waals surface area contributed by atoms with Crippen molar-refractivity contribution >= 4 is 18.0 Å². The minimum Gasteiger partial charge on any atom is -0.440 e. The lowest BCUT2D eigenvalue weighted by molar-refractivity contribution is -0.684. The van der Waals surface area contributed by atoms with Gasteiger partial charge in [0.25, 0.3) is 0 Å². The first-order valence-electron chi connectivity index (χ1n) is 6.18. The molecule has 0 unspecified atom stereocenters. The molecule has 0 aliphatic carbocycles. The van der Waals surface area contributed by atoms with Crippen molar-refractivity contribution in [2.75, 3.05) is 19.0 Å². The van der Waals surface area contributed by atoms with E-state index in [1.54, 1.807) is 10.6 Å². The number of aromatic nitrogens is 1. The van der Waals surface area contributed by atoms with E-state index in [0.29, 0.717) is 5.76 Å². The van der Waals surface area contributed by atoms with Crippen LogP contribution in [0.25, 0.3) is 0 Å². The average molecular weight is 273 g/mol. The molecule has 0 aliphatic rings. The van der Waals surface area contributed by atoms with Crippen molar-refractivity contribution in [2.24, 2.45) is 5.10 Å². The molecule has 0 aromatic carbocycles. The monoisotopic (exact) mass is 273 g/mol. The van der Waals surface area contributed by atoms with Crippen LogP contribution in [0.4, 0.5) is 5.88 Å². The second-order valence-electron chi connectivity index (χ2n) is 4.41. The van der Waals surface area contributed by atoms with E-state index in [0.717, 1.165) is 5.88 Å². The number of anilines is 1. The maximum atomic E-state index is 11.6. The highest BCUT2D eigenvalue weighted by molar-refractivity contribution is 5.80. The van der Waals surface area contributed by atoms with Gasteiger partial charge in [-0.1, -0.05) is 6.07 Å². The van der Waals surface area contributed by atoms with Gasteiger partial charge in [-0.05, 0) is 6.07 Å². The molecule has 0 spiro atoms. The Morgan fingerprint density at radius 1 is 1.35 bits per heavy atom. The summed E-state index contributed by atoms with van der Waals surface area (Å²) >= 11 is 0. The molecule has 20 heavy (non-hydrogen) atoms. The topological polar surface area (TPSA) is 61.7 Å². The lowest BCUT2D eigenvalue weighted by Gasteiger charge is -2.05. The molecule has 0 aliphatic heterocycles. The zero-order valence-electron chi connectivity index (χ0n) is 11.5. The van der Waals surface area contributed by atoms with Gasteiger partial charge in [-0.3, -0.25) is 4.79 Å². The van der Waals surface area contributed by atoms with Crippen LogP contribution in [0, 0.1) is 0 Å².